The van der Waals surface area contributed by atoms with Crippen molar-refractivity contribution < 1.29 is 17.2 Å². The van der Waals surface area contributed by atoms with Gasteiger partial charge in [0.15, 0.2) is 0 Å². The lowest BCUT2D eigenvalue weighted by Crippen LogP contribution is -2.04. The lowest BCUT2D eigenvalue weighted by molar-refractivity contribution is 0.469. The van der Waals surface area contributed by atoms with Crippen molar-refractivity contribution in [2.45, 2.75) is 34.1 Å². The van der Waals surface area contributed by atoms with Crippen molar-refractivity contribution in [2.24, 2.45) is 0 Å². The quantitative estimate of drug-likeness (QED) is 0.471. The van der Waals surface area contributed by atoms with Gasteiger partial charge in [-0.15, -0.1) is 0 Å². The Morgan fingerprint density at radius 1 is 1.04 bits per heavy atom. The Kier molecular flexibility index (Phi) is 4.96. The van der Waals surface area contributed by atoms with Crippen LogP contribution >= 0.6 is 11.8 Å². The monoisotopic (exact) mass is 377 g/mol. The molecule has 25 heavy (non-hydrogen) atoms. The number of rotatable bonds is 5. The molecular formula is C18H16FNO3S2. The van der Waals surface area contributed by atoms with E-state index in [0.29, 0.717) is 5.56 Å². The fourth-order valence-corrected chi connectivity index (χ4v) is 4.54. The Hall–Kier alpha value is -2.12. The van der Waals surface area contributed by atoms with Crippen molar-refractivity contribution in [1.29, 1.82) is 0 Å². The van der Waals surface area contributed by atoms with E-state index < -0.39 is 15.7 Å². The molecule has 3 rings (SSSR count). The molecule has 3 aromatic rings. The third-order valence-corrected chi connectivity index (χ3v) is 6.08. The van der Waals surface area contributed by atoms with Crippen molar-refractivity contribution in [1.82, 2.24) is 4.98 Å². The first-order valence-corrected chi connectivity index (χ1v) is 9.98. The number of nitrogens with zero attached hydrogens (tertiary/aromatic N) is 1. The molecule has 0 spiro atoms. The normalized spacial score (nSPS) is 11.8. The molecule has 0 atom stereocenters. The molecule has 0 aliphatic heterocycles. The lowest BCUT2D eigenvalue weighted by Gasteiger charge is -2.05. The number of thioether (sulfide) groups is 1. The predicted molar refractivity (Wildman–Crippen MR) is 94.8 cm³/mol. The van der Waals surface area contributed by atoms with E-state index in [0.717, 1.165) is 12.1 Å². The highest BCUT2D eigenvalue weighted by molar-refractivity contribution is 8.00. The van der Waals surface area contributed by atoms with Crippen LogP contribution in [-0.4, -0.2) is 18.7 Å². The first-order chi connectivity index (χ1) is 11.9. The molecule has 1 aromatic heterocycles. The van der Waals surface area contributed by atoms with Crippen LogP contribution in [0.5, 0.6) is 0 Å². The van der Waals surface area contributed by atoms with Crippen molar-refractivity contribution in [3.05, 3.63) is 60.4 Å². The number of hydrogen-bond acceptors (Lipinski definition) is 5. The standard InChI is InChI=1S/C18H16FNO3S2/c1-12(2)24-18-17(20-16(23-18)13-6-4-3-5-7-13)25(21,22)15-10-8-14(19)9-11-15/h3-12H,1-2H3. The fourth-order valence-electron chi connectivity index (χ4n) is 2.18. The molecule has 7 heteroatoms. The molecule has 0 amide bonds. The number of aromatic nitrogens is 1. The van der Waals surface area contributed by atoms with E-state index in [1.807, 2.05) is 32.0 Å². The summed E-state index contributed by atoms with van der Waals surface area (Å²) in [5.74, 6) is -0.259. The lowest BCUT2D eigenvalue weighted by atomic mass is 10.2. The molecule has 0 aliphatic carbocycles. The minimum absolute atomic E-state index is 0.0209. The Labute approximate surface area is 150 Å². The molecule has 0 bridgehead atoms. The second-order valence-electron chi connectivity index (χ2n) is 5.60. The highest BCUT2D eigenvalue weighted by Crippen LogP contribution is 2.36. The van der Waals surface area contributed by atoms with E-state index in [-0.39, 0.29) is 26.2 Å². The molecule has 0 fully saturated rings. The maximum absolute atomic E-state index is 13.1. The van der Waals surface area contributed by atoms with Crippen LogP contribution in [0.15, 0.2) is 74.0 Å². The first-order valence-electron chi connectivity index (χ1n) is 7.61. The zero-order chi connectivity index (χ0) is 18.0. The highest BCUT2D eigenvalue weighted by atomic mass is 32.2. The Morgan fingerprint density at radius 3 is 2.28 bits per heavy atom. The van der Waals surface area contributed by atoms with Gasteiger partial charge in [-0.3, -0.25) is 0 Å². The van der Waals surface area contributed by atoms with Gasteiger partial charge in [0, 0.05) is 10.8 Å². The van der Waals surface area contributed by atoms with Gasteiger partial charge in [-0.25, -0.2) is 12.8 Å². The Bertz CT molecular complexity index is 965. The summed E-state index contributed by atoms with van der Waals surface area (Å²) in [6, 6.07) is 13.8. The molecule has 0 unspecified atom stereocenters. The topological polar surface area (TPSA) is 60.2 Å². The van der Waals surface area contributed by atoms with Crippen molar-refractivity contribution in [3.63, 3.8) is 0 Å². The molecule has 4 nitrogen and oxygen atoms in total. The van der Waals surface area contributed by atoms with Gasteiger partial charge in [-0.05, 0) is 36.4 Å². The van der Waals surface area contributed by atoms with Crippen LogP contribution in [0.2, 0.25) is 0 Å². The smallest absolute Gasteiger partial charge is 0.228 e. The van der Waals surface area contributed by atoms with Gasteiger partial charge in [0.25, 0.3) is 0 Å². The summed E-state index contributed by atoms with van der Waals surface area (Å²) in [5, 5.41) is 0.202. The number of halogens is 1. The Balaban J connectivity index is 2.13. The van der Waals surface area contributed by atoms with Gasteiger partial charge < -0.3 is 4.42 Å². The molecule has 0 aliphatic rings. The minimum Gasteiger partial charge on any atom is -0.428 e. The van der Waals surface area contributed by atoms with Gasteiger partial charge in [0.2, 0.25) is 25.8 Å². The molecular weight excluding hydrogens is 361 g/mol. The summed E-state index contributed by atoms with van der Waals surface area (Å²) < 4.78 is 44.7. The summed E-state index contributed by atoms with van der Waals surface area (Å²) in [6.07, 6.45) is 0. The van der Waals surface area contributed by atoms with Crippen LogP contribution in [0.4, 0.5) is 4.39 Å². The van der Waals surface area contributed by atoms with E-state index in [1.54, 1.807) is 12.1 Å². The van der Waals surface area contributed by atoms with Crippen LogP contribution in [-0.2, 0) is 9.84 Å². The summed E-state index contributed by atoms with van der Waals surface area (Å²) in [6.45, 7) is 3.87. The van der Waals surface area contributed by atoms with Crippen molar-refractivity contribution in [2.75, 3.05) is 0 Å². The molecule has 0 radical (unpaired) electrons. The summed E-state index contributed by atoms with van der Waals surface area (Å²) in [5.41, 5.74) is 0.689. The van der Waals surface area contributed by atoms with Crippen molar-refractivity contribution in [3.8, 4) is 11.5 Å². The van der Waals surface area contributed by atoms with Crippen molar-refractivity contribution >= 4 is 21.6 Å². The maximum Gasteiger partial charge on any atom is 0.228 e. The largest absolute Gasteiger partial charge is 0.428 e. The molecule has 2 aromatic carbocycles. The van der Waals surface area contributed by atoms with E-state index in [9.17, 15) is 12.8 Å². The van der Waals surface area contributed by atoms with E-state index in [2.05, 4.69) is 4.98 Å². The number of oxazole rings is 1. The Morgan fingerprint density at radius 2 is 1.68 bits per heavy atom. The average Bonchev–Trinajstić information content (AvgIpc) is 3.00. The van der Waals surface area contributed by atoms with Crippen LogP contribution < -0.4 is 0 Å². The molecule has 0 N–H and O–H groups in total. The fraction of sp³-hybridized carbons (Fsp3) is 0.167. The summed E-state index contributed by atoms with van der Waals surface area (Å²) in [7, 11) is -3.91. The summed E-state index contributed by atoms with van der Waals surface area (Å²) in [4.78, 5) is 4.21. The maximum atomic E-state index is 13.1. The van der Waals surface area contributed by atoms with Gasteiger partial charge in [-0.2, -0.15) is 4.98 Å². The number of hydrogen-bond donors (Lipinski definition) is 0. The van der Waals surface area contributed by atoms with Crippen LogP contribution in [0.1, 0.15) is 13.8 Å². The van der Waals surface area contributed by atoms with Gasteiger partial charge >= 0.3 is 0 Å². The molecule has 0 saturated carbocycles. The third kappa shape index (κ3) is 3.77. The molecule has 130 valence electrons. The minimum atomic E-state index is -3.91. The predicted octanol–water partition coefficient (Wildman–Crippen LogP) is 4.81. The summed E-state index contributed by atoms with van der Waals surface area (Å²) >= 11 is 1.28. The van der Waals surface area contributed by atoms with Crippen LogP contribution in [0, 0.1) is 5.82 Å². The van der Waals surface area contributed by atoms with Gasteiger partial charge in [-0.1, -0.05) is 43.8 Å². The number of benzene rings is 2. The first kappa shape index (κ1) is 17.7. The van der Waals surface area contributed by atoms with E-state index in [4.69, 9.17) is 4.42 Å². The molecule has 0 saturated heterocycles. The highest BCUT2D eigenvalue weighted by Gasteiger charge is 2.29. The average molecular weight is 377 g/mol. The number of sulfone groups is 1. The SMILES string of the molecule is CC(C)Sc1oc(-c2ccccc2)nc1S(=O)(=O)c1ccc(F)cc1. The van der Waals surface area contributed by atoms with E-state index >= 15 is 0 Å². The third-order valence-electron chi connectivity index (χ3n) is 3.31. The zero-order valence-corrected chi connectivity index (χ0v) is 15.3. The van der Waals surface area contributed by atoms with Gasteiger partial charge in [0.05, 0.1) is 4.90 Å². The van der Waals surface area contributed by atoms with Gasteiger partial charge in [0.1, 0.15) is 5.82 Å². The second-order valence-corrected chi connectivity index (χ2v) is 9.02. The van der Waals surface area contributed by atoms with Crippen LogP contribution in [0.25, 0.3) is 11.5 Å². The van der Waals surface area contributed by atoms with E-state index in [1.165, 1.54) is 23.9 Å². The second kappa shape index (κ2) is 7.01. The van der Waals surface area contributed by atoms with Crippen LogP contribution in [0.3, 0.4) is 0 Å². The zero-order valence-electron chi connectivity index (χ0n) is 13.6. The molecule has 1 heterocycles.